The molecule has 1 heterocycles. The molecule has 0 aliphatic heterocycles. The van der Waals surface area contributed by atoms with Gasteiger partial charge in [0.2, 0.25) is 6.04 Å². The molecule has 0 aliphatic carbocycles. The first-order valence-electron chi connectivity index (χ1n) is 7.07. The van der Waals surface area contributed by atoms with Gasteiger partial charge in [0, 0.05) is 25.1 Å². The molecule has 0 unspecified atom stereocenters. The van der Waals surface area contributed by atoms with E-state index in [4.69, 9.17) is 0 Å². The van der Waals surface area contributed by atoms with Crippen LogP contribution in [0.15, 0.2) is 48.8 Å². The monoisotopic (exact) mass is 300 g/mol. The van der Waals surface area contributed by atoms with Gasteiger partial charge < -0.3 is 5.32 Å². The summed E-state index contributed by atoms with van der Waals surface area (Å²) in [5.41, 5.74) is 1.27. The molecule has 1 amide bonds. The van der Waals surface area contributed by atoms with E-state index in [-0.39, 0.29) is 17.3 Å². The number of amides is 1. The number of nitrogens with zero attached hydrogens (tertiary/aromatic N) is 2. The van der Waals surface area contributed by atoms with Crippen LogP contribution < -0.4 is 9.88 Å². The minimum atomic E-state index is -0.510. The van der Waals surface area contributed by atoms with E-state index in [1.165, 1.54) is 17.7 Å². The summed E-state index contributed by atoms with van der Waals surface area (Å²) in [4.78, 5) is 22.7. The lowest BCUT2D eigenvalue weighted by atomic mass is 10.2. The van der Waals surface area contributed by atoms with E-state index in [9.17, 15) is 14.9 Å². The number of carbonyl (C=O) groups is 1. The van der Waals surface area contributed by atoms with Gasteiger partial charge in [0.15, 0.2) is 12.4 Å². The highest BCUT2D eigenvalue weighted by Crippen LogP contribution is 2.23. The van der Waals surface area contributed by atoms with Gasteiger partial charge in [0.25, 0.3) is 11.6 Å². The first-order valence-corrected chi connectivity index (χ1v) is 7.07. The highest BCUT2D eigenvalue weighted by Gasteiger charge is 2.24. The van der Waals surface area contributed by atoms with Crippen molar-refractivity contribution in [1.29, 1.82) is 0 Å². The van der Waals surface area contributed by atoms with E-state index in [2.05, 4.69) is 12.2 Å². The fourth-order valence-electron chi connectivity index (χ4n) is 2.07. The molecule has 1 aromatic carbocycles. The summed E-state index contributed by atoms with van der Waals surface area (Å²) < 4.78 is 1.77. The summed E-state index contributed by atoms with van der Waals surface area (Å²) >= 11 is 0. The van der Waals surface area contributed by atoms with Crippen LogP contribution in [0.25, 0.3) is 0 Å². The lowest BCUT2D eigenvalue weighted by Gasteiger charge is -2.09. The Morgan fingerprint density at radius 1 is 1.27 bits per heavy atom. The van der Waals surface area contributed by atoms with Crippen molar-refractivity contribution in [2.75, 3.05) is 5.32 Å². The molecule has 0 radical (unpaired) electrons. The summed E-state index contributed by atoms with van der Waals surface area (Å²) in [5.74, 6) is -0.302. The second kappa shape index (κ2) is 6.80. The fraction of sp³-hybridized carbons (Fsp3) is 0.250. The van der Waals surface area contributed by atoms with Crippen molar-refractivity contribution in [2.24, 2.45) is 0 Å². The second-order valence-electron chi connectivity index (χ2n) is 4.95. The Hall–Kier alpha value is -2.76. The van der Waals surface area contributed by atoms with Crippen LogP contribution in [0.4, 0.5) is 11.4 Å². The van der Waals surface area contributed by atoms with Crippen LogP contribution in [0.5, 0.6) is 0 Å². The Morgan fingerprint density at radius 2 is 1.91 bits per heavy atom. The van der Waals surface area contributed by atoms with Gasteiger partial charge in [-0.15, -0.1) is 0 Å². The SMILES string of the molecule is CCc1cc[n+]([C@H](C)C(=O)Nc2ccccc2[N+](=O)[O-])cc1. The molecule has 6 nitrogen and oxygen atoms in total. The molecule has 2 aromatic rings. The van der Waals surface area contributed by atoms with Crippen molar-refractivity contribution in [2.45, 2.75) is 26.3 Å². The molecule has 0 saturated carbocycles. The number of pyridine rings is 1. The lowest BCUT2D eigenvalue weighted by Crippen LogP contribution is -2.44. The van der Waals surface area contributed by atoms with Crippen molar-refractivity contribution in [1.82, 2.24) is 0 Å². The van der Waals surface area contributed by atoms with Crippen LogP contribution in [0.1, 0.15) is 25.5 Å². The molecule has 1 N–H and O–H groups in total. The summed E-state index contributed by atoms with van der Waals surface area (Å²) in [6.07, 6.45) is 4.60. The Balaban J connectivity index is 2.16. The number of hydrogen-bond acceptors (Lipinski definition) is 3. The van der Waals surface area contributed by atoms with Gasteiger partial charge in [0.05, 0.1) is 4.92 Å². The molecule has 1 atom stereocenters. The third-order valence-corrected chi connectivity index (χ3v) is 3.52. The second-order valence-corrected chi connectivity index (χ2v) is 4.95. The first-order chi connectivity index (χ1) is 10.5. The lowest BCUT2D eigenvalue weighted by molar-refractivity contribution is -0.705. The van der Waals surface area contributed by atoms with Crippen LogP contribution >= 0.6 is 0 Å². The van der Waals surface area contributed by atoms with Crippen molar-refractivity contribution in [3.8, 4) is 0 Å². The molecular weight excluding hydrogens is 282 g/mol. The van der Waals surface area contributed by atoms with Crippen LogP contribution in [0.2, 0.25) is 0 Å². The number of carbonyl (C=O) groups excluding carboxylic acids is 1. The van der Waals surface area contributed by atoms with Gasteiger partial charge in [-0.2, -0.15) is 4.57 Å². The Morgan fingerprint density at radius 3 is 2.50 bits per heavy atom. The number of nitrogens with one attached hydrogen (secondary N) is 1. The summed E-state index contributed by atoms with van der Waals surface area (Å²) in [5, 5.41) is 13.6. The van der Waals surface area contributed by atoms with E-state index in [0.29, 0.717) is 0 Å². The molecule has 1 aromatic heterocycles. The maximum atomic E-state index is 12.3. The van der Waals surface area contributed by atoms with Gasteiger partial charge in [-0.1, -0.05) is 19.1 Å². The molecule has 0 spiro atoms. The van der Waals surface area contributed by atoms with E-state index in [1.807, 2.05) is 24.5 Å². The normalized spacial score (nSPS) is 11.7. The molecule has 6 heteroatoms. The summed E-state index contributed by atoms with van der Waals surface area (Å²) in [7, 11) is 0. The van der Waals surface area contributed by atoms with Crippen molar-refractivity contribution in [3.63, 3.8) is 0 Å². The third-order valence-electron chi connectivity index (χ3n) is 3.52. The summed E-state index contributed by atoms with van der Waals surface area (Å²) in [6, 6.07) is 9.54. The van der Waals surface area contributed by atoms with Gasteiger partial charge in [-0.3, -0.25) is 14.9 Å². The average molecular weight is 300 g/mol. The number of aryl methyl sites for hydroxylation is 1. The van der Waals surface area contributed by atoms with Crippen LogP contribution in [0, 0.1) is 10.1 Å². The van der Waals surface area contributed by atoms with E-state index in [0.717, 1.165) is 6.42 Å². The molecular formula is C16H18N3O3+. The van der Waals surface area contributed by atoms with Crippen molar-refractivity contribution in [3.05, 3.63) is 64.5 Å². The number of nitro benzene ring substituents is 1. The zero-order valence-electron chi connectivity index (χ0n) is 12.5. The summed E-state index contributed by atoms with van der Waals surface area (Å²) in [6.45, 7) is 3.81. The molecule has 0 fully saturated rings. The molecule has 0 bridgehead atoms. The minimum Gasteiger partial charge on any atom is -0.315 e. The third kappa shape index (κ3) is 3.46. The highest BCUT2D eigenvalue weighted by atomic mass is 16.6. The smallest absolute Gasteiger partial charge is 0.293 e. The number of aromatic nitrogens is 1. The highest BCUT2D eigenvalue weighted by molar-refractivity contribution is 5.94. The van der Waals surface area contributed by atoms with Crippen LogP contribution in [-0.2, 0) is 11.2 Å². The topological polar surface area (TPSA) is 76.1 Å². The number of anilines is 1. The van der Waals surface area contributed by atoms with E-state index < -0.39 is 11.0 Å². The molecule has 2 rings (SSSR count). The molecule has 22 heavy (non-hydrogen) atoms. The Kier molecular flexibility index (Phi) is 4.83. The van der Waals surface area contributed by atoms with Gasteiger partial charge in [-0.05, 0) is 18.1 Å². The number of benzene rings is 1. The fourth-order valence-corrected chi connectivity index (χ4v) is 2.07. The predicted octanol–water partition coefficient (Wildman–Crippen LogP) is 2.64. The number of hydrogen-bond donors (Lipinski definition) is 1. The van der Waals surface area contributed by atoms with Crippen molar-refractivity contribution < 1.29 is 14.3 Å². The van der Waals surface area contributed by atoms with Gasteiger partial charge in [-0.25, -0.2) is 0 Å². The number of nitro groups is 1. The minimum absolute atomic E-state index is 0.116. The number of rotatable bonds is 5. The van der Waals surface area contributed by atoms with E-state index >= 15 is 0 Å². The largest absolute Gasteiger partial charge is 0.315 e. The van der Waals surface area contributed by atoms with Crippen LogP contribution in [-0.4, -0.2) is 10.8 Å². The maximum Gasteiger partial charge on any atom is 0.293 e. The van der Waals surface area contributed by atoms with Crippen LogP contribution in [0.3, 0.4) is 0 Å². The Labute approximate surface area is 128 Å². The maximum absolute atomic E-state index is 12.3. The first kappa shape index (κ1) is 15.6. The quantitative estimate of drug-likeness (QED) is 0.524. The van der Waals surface area contributed by atoms with Gasteiger partial charge in [0.1, 0.15) is 5.69 Å². The molecule has 114 valence electrons. The molecule has 0 aliphatic rings. The zero-order chi connectivity index (χ0) is 16.1. The molecule has 0 saturated heterocycles. The van der Waals surface area contributed by atoms with Gasteiger partial charge >= 0.3 is 0 Å². The number of para-hydroxylation sites is 2. The average Bonchev–Trinajstić information content (AvgIpc) is 2.54. The zero-order valence-corrected chi connectivity index (χ0v) is 12.5. The standard InChI is InChI=1S/C16H17N3O3/c1-3-13-8-10-18(11-9-13)12(2)16(20)17-14-6-4-5-7-15(14)19(21)22/h4-12H,3H2,1-2H3/p+1/t12-/m1/s1. The Bertz CT molecular complexity index is 683. The predicted molar refractivity (Wildman–Crippen MR) is 82.5 cm³/mol. The van der Waals surface area contributed by atoms with Crippen molar-refractivity contribution >= 4 is 17.3 Å². The van der Waals surface area contributed by atoms with E-state index in [1.54, 1.807) is 23.6 Å².